The molecule has 1 unspecified atom stereocenters. The largest absolute Gasteiger partial charge is 0.314 e. The number of nitrogens with one attached hydrogen (secondary N) is 1. The first-order valence-electron chi connectivity index (χ1n) is 6.78. The van der Waals surface area contributed by atoms with Crippen molar-refractivity contribution in [3.8, 4) is 0 Å². The Bertz CT molecular complexity index is 384. The summed E-state index contributed by atoms with van der Waals surface area (Å²) in [6.45, 7) is 8.87. The molecule has 0 aromatic carbocycles. The van der Waals surface area contributed by atoms with Crippen molar-refractivity contribution < 1.29 is 0 Å². The Morgan fingerprint density at radius 1 is 1.35 bits per heavy atom. The lowest BCUT2D eigenvalue weighted by Gasteiger charge is -2.38. The van der Waals surface area contributed by atoms with Crippen LogP contribution in [0.25, 0.3) is 0 Å². The van der Waals surface area contributed by atoms with Crippen molar-refractivity contribution in [3.63, 3.8) is 0 Å². The summed E-state index contributed by atoms with van der Waals surface area (Å²) in [5.74, 6) is 0.600. The average Bonchev–Trinajstić information content (AvgIpc) is 2.42. The van der Waals surface area contributed by atoms with Crippen molar-refractivity contribution in [1.29, 1.82) is 0 Å². The molecule has 0 saturated carbocycles. The molecule has 0 spiro atoms. The predicted octanol–water partition coefficient (Wildman–Crippen LogP) is 3.57. The van der Waals surface area contributed by atoms with Crippen LogP contribution in [0.4, 0.5) is 0 Å². The molecule has 116 valence electrons. The van der Waals surface area contributed by atoms with Gasteiger partial charge in [-0.1, -0.05) is 31.9 Å². The van der Waals surface area contributed by atoms with Crippen LogP contribution in [-0.2, 0) is 0 Å². The molecule has 0 aliphatic carbocycles. The summed E-state index contributed by atoms with van der Waals surface area (Å²) in [4.78, 5) is 6.64. The van der Waals surface area contributed by atoms with E-state index in [4.69, 9.17) is 11.6 Å². The Hall–Kier alpha value is -0.0600. The van der Waals surface area contributed by atoms with Crippen LogP contribution in [0, 0.1) is 5.92 Å². The highest BCUT2D eigenvalue weighted by atomic mass is 35.5. The van der Waals surface area contributed by atoms with Gasteiger partial charge in [-0.25, -0.2) is 0 Å². The van der Waals surface area contributed by atoms with Gasteiger partial charge < -0.3 is 5.32 Å². The summed E-state index contributed by atoms with van der Waals surface area (Å²) in [7, 11) is 0. The highest BCUT2D eigenvalue weighted by Crippen LogP contribution is 2.34. The molecule has 2 heterocycles. The van der Waals surface area contributed by atoms with E-state index in [1.807, 2.05) is 6.20 Å². The third-order valence-corrected chi connectivity index (χ3v) is 4.17. The van der Waals surface area contributed by atoms with Gasteiger partial charge in [-0.3, -0.25) is 9.88 Å². The first-order chi connectivity index (χ1) is 8.74. The van der Waals surface area contributed by atoms with Crippen LogP contribution >= 0.6 is 36.4 Å². The van der Waals surface area contributed by atoms with Crippen LogP contribution in [-0.4, -0.2) is 36.1 Å². The summed E-state index contributed by atoms with van der Waals surface area (Å²) in [5.41, 5.74) is 1.22. The fourth-order valence-corrected chi connectivity index (χ4v) is 2.90. The maximum absolute atomic E-state index is 6.33. The molecule has 0 bridgehead atoms. The standard InChI is InChI=1S/C14H22ClN3.2ClH/c1-3-11(2)14(18-8-6-16-7-9-18)12-4-5-17-10-13(12)15;;/h4-5,10-11,14,16H,3,6-9H2,1-2H3;2*1H/t11?,14-;;/m0../s1. The van der Waals surface area contributed by atoms with Crippen LogP contribution in [0.2, 0.25) is 5.02 Å². The Labute approximate surface area is 139 Å². The van der Waals surface area contributed by atoms with Gasteiger partial charge >= 0.3 is 0 Å². The number of aromatic nitrogens is 1. The van der Waals surface area contributed by atoms with E-state index in [-0.39, 0.29) is 24.8 Å². The minimum Gasteiger partial charge on any atom is -0.314 e. The van der Waals surface area contributed by atoms with Crippen LogP contribution in [0.5, 0.6) is 0 Å². The van der Waals surface area contributed by atoms with Gasteiger partial charge in [0.05, 0.1) is 5.02 Å². The second-order valence-corrected chi connectivity index (χ2v) is 5.42. The molecule has 0 amide bonds. The number of hydrogen-bond acceptors (Lipinski definition) is 3. The van der Waals surface area contributed by atoms with E-state index in [2.05, 4.69) is 35.1 Å². The molecular formula is C14H24Cl3N3. The van der Waals surface area contributed by atoms with Gasteiger partial charge in [-0.05, 0) is 17.5 Å². The number of halogens is 3. The van der Waals surface area contributed by atoms with E-state index in [1.54, 1.807) is 6.20 Å². The summed E-state index contributed by atoms with van der Waals surface area (Å²) in [6.07, 6.45) is 4.76. The minimum atomic E-state index is 0. The predicted molar refractivity (Wildman–Crippen MR) is 90.4 cm³/mol. The van der Waals surface area contributed by atoms with E-state index in [1.165, 1.54) is 5.56 Å². The quantitative estimate of drug-likeness (QED) is 0.908. The van der Waals surface area contributed by atoms with E-state index < -0.39 is 0 Å². The van der Waals surface area contributed by atoms with E-state index in [0.29, 0.717) is 12.0 Å². The van der Waals surface area contributed by atoms with Gasteiger partial charge in [0.2, 0.25) is 0 Å². The molecule has 3 nitrogen and oxygen atoms in total. The van der Waals surface area contributed by atoms with Crippen molar-refractivity contribution in [3.05, 3.63) is 29.0 Å². The Morgan fingerprint density at radius 2 is 2.00 bits per heavy atom. The molecule has 1 aromatic heterocycles. The minimum absolute atomic E-state index is 0. The van der Waals surface area contributed by atoms with Gasteiger partial charge in [0.25, 0.3) is 0 Å². The lowest BCUT2D eigenvalue weighted by atomic mass is 9.91. The third kappa shape index (κ3) is 4.74. The van der Waals surface area contributed by atoms with Crippen molar-refractivity contribution in [2.75, 3.05) is 26.2 Å². The van der Waals surface area contributed by atoms with E-state index in [0.717, 1.165) is 37.6 Å². The molecule has 0 radical (unpaired) electrons. The molecule has 1 aliphatic heterocycles. The van der Waals surface area contributed by atoms with Crippen molar-refractivity contribution in [1.82, 2.24) is 15.2 Å². The lowest BCUT2D eigenvalue weighted by Crippen LogP contribution is -2.46. The second-order valence-electron chi connectivity index (χ2n) is 5.01. The fraction of sp³-hybridized carbons (Fsp3) is 0.643. The molecule has 2 atom stereocenters. The first kappa shape index (κ1) is 19.9. The van der Waals surface area contributed by atoms with Gasteiger partial charge in [-0.15, -0.1) is 24.8 Å². The van der Waals surface area contributed by atoms with Gasteiger partial charge in [-0.2, -0.15) is 0 Å². The maximum Gasteiger partial charge on any atom is 0.0637 e. The Kier molecular flexibility index (Phi) is 9.77. The lowest BCUT2D eigenvalue weighted by molar-refractivity contribution is 0.128. The average molecular weight is 341 g/mol. The van der Waals surface area contributed by atoms with Crippen LogP contribution in [0.3, 0.4) is 0 Å². The molecule has 1 N–H and O–H groups in total. The smallest absolute Gasteiger partial charge is 0.0637 e. The van der Waals surface area contributed by atoms with Crippen LogP contribution in [0.1, 0.15) is 31.9 Å². The third-order valence-electron chi connectivity index (χ3n) is 3.85. The molecule has 1 aliphatic rings. The normalized spacial score (nSPS) is 18.6. The highest BCUT2D eigenvalue weighted by Gasteiger charge is 2.27. The summed E-state index contributed by atoms with van der Waals surface area (Å²) in [6, 6.07) is 2.48. The number of rotatable bonds is 4. The number of piperazine rings is 1. The molecule has 1 fully saturated rings. The zero-order chi connectivity index (χ0) is 13.0. The second kappa shape index (κ2) is 9.80. The first-order valence-corrected chi connectivity index (χ1v) is 7.16. The SMILES string of the molecule is CCC(C)[C@@H](c1ccncc1Cl)N1CCNCC1.Cl.Cl. The zero-order valence-electron chi connectivity index (χ0n) is 12.0. The molecule has 1 aromatic rings. The van der Waals surface area contributed by atoms with E-state index >= 15 is 0 Å². The van der Waals surface area contributed by atoms with Crippen molar-refractivity contribution in [2.24, 2.45) is 5.92 Å². The van der Waals surface area contributed by atoms with Crippen molar-refractivity contribution in [2.45, 2.75) is 26.3 Å². The van der Waals surface area contributed by atoms with Gasteiger partial charge in [0.15, 0.2) is 0 Å². The fourth-order valence-electron chi connectivity index (χ4n) is 2.67. The monoisotopic (exact) mass is 339 g/mol. The van der Waals surface area contributed by atoms with E-state index in [9.17, 15) is 0 Å². The van der Waals surface area contributed by atoms with Crippen molar-refractivity contribution >= 4 is 36.4 Å². The Balaban J connectivity index is 0.00000180. The number of nitrogens with zero attached hydrogens (tertiary/aromatic N) is 2. The molecular weight excluding hydrogens is 317 g/mol. The molecule has 6 heteroatoms. The molecule has 20 heavy (non-hydrogen) atoms. The zero-order valence-corrected chi connectivity index (χ0v) is 14.4. The van der Waals surface area contributed by atoms with Crippen LogP contribution < -0.4 is 5.32 Å². The van der Waals surface area contributed by atoms with Gasteiger partial charge in [0, 0.05) is 44.6 Å². The number of hydrogen-bond donors (Lipinski definition) is 1. The Morgan fingerprint density at radius 3 is 2.55 bits per heavy atom. The molecule has 1 saturated heterocycles. The summed E-state index contributed by atoms with van der Waals surface area (Å²) < 4.78 is 0. The summed E-state index contributed by atoms with van der Waals surface area (Å²) >= 11 is 6.33. The topological polar surface area (TPSA) is 28.2 Å². The number of pyridine rings is 1. The molecule has 2 rings (SSSR count). The van der Waals surface area contributed by atoms with Crippen LogP contribution in [0.15, 0.2) is 18.5 Å². The summed E-state index contributed by atoms with van der Waals surface area (Å²) in [5, 5.41) is 4.20. The highest BCUT2D eigenvalue weighted by molar-refractivity contribution is 6.31. The van der Waals surface area contributed by atoms with Gasteiger partial charge in [0.1, 0.15) is 0 Å². The maximum atomic E-state index is 6.33.